The van der Waals surface area contributed by atoms with Crippen LogP contribution in [0.2, 0.25) is 0 Å². The Kier molecular flexibility index (Phi) is 2.40. The van der Waals surface area contributed by atoms with E-state index in [1.54, 1.807) is 0 Å². The van der Waals surface area contributed by atoms with Crippen molar-refractivity contribution < 1.29 is 15.5 Å². The quantitative estimate of drug-likeness (QED) is 0.385. The van der Waals surface area contributed by atoms with Crippen LogP contribution in [0.25, 0.3) is 0 Å². The molecule has 19 heavy (non-hydrogen) atoms. The van der Waals surface area contributed by atoms with Crippen LogP contribution >= 0.6 is 0 Å². The summed E-state index contributed by atoms with van der Waals surface area (Å²) >= 11 is 0. The van der Waals surface area contributed by atoms with Gasteiger partial charge in [0.1, 0.15) is 0 Å². The lowest BCUT2D eigenvalue weighted by atomic mass is 9.41. The average molecular weight is 264 g/mol. The first-order valence-electron chi connectivity index (χ1n) is 6.71. The molecule has 0 aromatic carbocycles. The van der Waals surface area contributed by atoms with Crippen LogP contribution in [-0.4, -0.2) is 32.5 Å². The van der Waals surface area contributed by atoms with Crippen molar-refractivity contribution in [3.8, 4) is 0 Å². The Morgan fingerprint density at radius 2 is 1.89 bits per heavy atom. The van der Waals surface area contributed by atoms with Crippen LogP contribution < -0.4 is 0 Å². The fraction of sp³-hybridized carbons (Fsp3) is 0.714. The number of rotatable bonds is 1. The molecule has 4 saturated carbocycles. The maximum Gasteiger partial charge on any atom is 0.0794 e. The zero-order chi connectivity index (χ0) is 14.0. The van der Waals surface area contributed by atoms with E-state index in [9.17, 15) is 15.5 Å². The van der Waals surface area contributed by atoms with E-state index in [0.717, 1.165) is 12.0 Å². The maximum atomic E-state index is 11.0. The Labute approximate surface area is 112 Å². The first-order valence-corrected chi connectivity index (χ1v) is 6.71. The van der Waals surface area contributed by atoms with Gasteiger partial charge in [0, 0.05) is 23.2 Å². The van der Waals surface area contributed by atoms with Gasteiger partial charge < -0.3 is 15.5 Å². The van der Waals surface area contributed by atoms with Gasteiger partial charge >= 0.3 is 0 Å². The Morgan fingerprint density at radius 3 is 2.42 bits per heavy atom. The largest absolute Gasteiger partial charge is 0.411 e. The standard InChI is InChI=1S/C14H20N2O3/c1-7(2)14-5-8-4-10(13(14,3)17)12(16-19)9(6-14)11(8)15-18/h8-10,17-19H,1,4-6H2,2-3H3/b15-11+,16-12-. The highest BCUT2D eigenvalue weighted by Crippen LogP contribution is 2.64. The summed E-state index contributed by atoms with van der Waals surface area (Å²) in [5.74, 6) is -0.196. The molecule has 0 saturated heterocycles. The molecule has 104 valence electrons. The molecule has 4 bridgehead atoms. The second-order valence-corrected chi connectivity index (χ2v) is 6.51. The summed E-state index contributed by atoms with van der Waals surface area (Å²) in [5, 5.41) is 36.4. The van der Waals surface area contributed by atoms with Crippen LogP contribution in [0.5, 0.6) is 0 Å². The van der Waals surface area contributed by atoms with Crippen molar-refractivity contribution in [1.82, 2.24) is 0 Å². The molecular weight excluding hydrogens is 244 g/mol. The molecule has 4 aliphatic carbocycles. The van der Waals surface area contributed by atoms with Gasteiger partial charge in [-0.15, -0.1) is 0 Å². The monoisotopic (exact) mass is 264 g/mol. The highest BCUT2D eigenvalue weighted by molar-refractivity contribution is 6.13. The number of nitrogens with zero attached hydrogens (tertiary/aromatic N) is 2. The van der Waals surface area contributed by atoms with Crippen molar-refractivity contribution in [3.05, 3.63) is 12.2 Å². The van der Waals surface area contributed by atoms with E-state index < -0.39 is 5.60 Å². The SMILES string of the molecule is C=C(C)C12CC3CC(/C(=N\O)C(C1)/C3=N/O)C2(C)O. The minimum atomic E-state index is -0.950. The Morgan fingerprint density at radius 1 is 1.26 bits per heavy atom. The molecule has 0 radical (unpaired) electrons. The third-order valence-electron chi connectivity index (χ3n) is 5.85. The van der Waals surface area contributed by atoms with Crippen LogP contribution in [0.4, 0.5) is 0 Å². The van der Waals surface area contributed by atoms with Crippen molar-refractivity contribution in [2.45, 2.75) is 38.7 Å². The molecule has 3 N–H and O–H groups in total. The summed E-state index contributed by atoms with van der Waals surface area (Å²) in [7, 11) is 0. The van der Waals surface area contributed by atoms with E-state index in [1.807, 2.05) is 13.8 Å². The van der Waals surface area contributed by atoms with Crippen molar-refractivity contribution in [2.24, 2.45) is 33.5 Å². The van der Waals surface area contributed by atoms with Gasteiger partial charge in [0.25, 0.3) is 0 Å². The van der Waals surface area contributed by atoms with E-state index in [4.69, 9.17) is 0 Å². The first kappa shape index (κ1) is 12.7. The van der Waals surface area contributed by atoms with Crippen molar-refractivity contribution in [3.63, 3.8) is 0 Å². The van der Waals surface area contributed by atoms with E-state index in [0.29, 0.717) is 24.3 Å². The van der Waals surface area contributed by atoms with E-state index in [1.165, 1.54) is 0 Å². The van der Waals surface area contributed by atoms with Gasteiger partial charge in [-0.25, -0.2) is 0 Å². The summed E-state index contributed by atoms with van der Waals surface area (Å²) < 4.78 is 0. The zero-order valence-electron chi connectivity index (χ0n) is 11.3. The van der Waals surface area contributed by atoms with Crippen LogP contribution in [0, 0.1) is 23.2 Å². The lowest BCUT2D eigenvalue weighted by Gasteiger charge is -2.64. The summed E-state index contributed by atoms with van der Waals surface area (Å²) in [6, 6.07) is 0. The fourth-order valence-corrected chi connectivity index (χ4v) is 4.79. The zero-order valence-corrected chi connectivity index (χ0v) is 11.3. The molecule has 0 aliphatic heterocycles. The summed E-state index contributed by atoms with van der Waals surface area (Å²) in [6.45, 7) is 7.85. The van der Waals surface area contributed by atoms with Crippen LogP contribution in [0.1, 0.15) is 33.1 Å². The van der Waals surface area contributed by atoms with E-state index in [-0.39, 0.29) is 23.2 Å². The molecule has 0 spiro atoms. The minimum absolute atomic E-state index is 0.149. The number of hydrogen-bond acceptors (Lipinski definition) is 5. The van der Waals surface area contributed by atoms with E-state index in [2.05, 4.69) is 16.9 Å². The molecule has 0 amide bonds. The Hall–Kier alpha value is -1.36. The van der Waals surface area contributed by atoms with E-state index >= 15 is 0 Å². The van der Waals surface area contributed by atoms with Gasteiger partial charge in [-0.05, 0) is 33.1 Å². The second kappa shape index (κ2) is 3.60. The van der Waals surface area contributed by atoms with Gasteiger partial charge in [-0.3, -0.25) is 0 Å². The predicted molar refractivity (Wildman–Crippen MR) is 70.6 cm³/mol. The Balaban J connectivity index is 2.19. The molecule has 0 aromatic rings. The highest BCUT2D eigenvalue weighted by atomic mass is 16.4. The molecule has 0 aromatic heterocycles. The first-order chi connectivity index (χ1) is 8.89. The third kappa shape index (κ3) is 1.24. The molecule has 4 rings (SSSR count). The van der Waals surface area contributed by atoms with Gasteiger partial charge in [0.15, 0.2) is 0 Å². The topological polar surface area (TPSA) is 85.4 Å². The lowest BCUT2D eigenvalue weighted by molar-refractivity contribution is -0.136. The van der Waals surface area contributed by atoms with Crippen LogP contribution in [0.15, 0.2) is 22.5 Å². The molecular formula is C14H20N2O3. The molecule has 5 unspecified atom stereocenters. The summed E-state index contributed by atoms with van der Waals surface area (Å²) in [5.41, 5.74) is 0.912. The maximum absolute atomic E-state index is 11.0. The fourth-order valence-electron chi connectivity index (χ4n) is 4.79. The van der Waals surface area contributed by atoms with Crippen LogP contribution in [-0.2, 0) is 0 Å². The highest BCUT2D eigenvalue weighted by Gasteiger charge is 2.68. The van der Waals surface area contributed by atoms with Crippen LogP contribution in [0.3, 0.4) is 0 Å². The molecule has 4 aliphatic rings. The number of hydrogen-bond donors (Lipinski definition) is 3. The average Bonchev–Trinajstić information content (AvgIpc) is 2.34. The molecule has 5 atom stereocenters. The molecule has 5 nitrogen and oxygen atoms in total. The second-order valence-electron chi connectivity index (χ2n) is 6.51. The predicted octanol–water partition coefficient (Wildman–Crippen LogP) is 2.02. The molecule has 0 heterocycles. The van der Waals surface area contributed by atoms with Gasteiger partial charge in [0.2, 0.25) is 0 Å². The number of aliphatic hydroxyl groups is 1. The Bertz CT molecular complexity index is 509. The van der Waals surface area contributed by atoms with Crippen molar-refractivity contribution in [2.75, 3.05) is 0 Å². The minimum Gasteiger partial charge on any atom is -0.411 e. The summed E-state index contributed by atoms with van der Waals surface area (Å²) in [6.07, 6.45) is 2.05. The number of oxime groups is 2. The lowest BCUT2D eigenvalue weighted by Crippen LogP contribution is -2.69. The normalized spacial score (nSPS) is 52.1. The van der Waals surface area contributed by atoms with Crippen molar-refractivity contribution >= 4 is 11.4 Å². The third-order valence-corrected chi connectivity index (χ3v) is 5.85. The van der Waals surface area contributed by atoms with Gasteiger partial charge in [-0.1, -0.05) is 22.5 Å². The smallest absolute Gasteiger partial charge is 0.0794 e. The van der Waals surface area contributed by atoms with Gasteiger partial charge in [-0.2, -0.15) is 0 Å². The summed E-state index contributed by atoms with van der Waals surface area (Å²) in [4.78, 5) is 0. The molecule has 4 fully saturated rings. The van der Waals surface area contributed by atoms with Crippen molar-refractivity contribution in [1.29, 1.82) is 0 Å². The van der Waals surface area contributed by atoms with Gasteiger partial charge in [0.05, 0.1) is 17.0 Å². The molecule has 5 heteroatoms.